The number of likely N-dealkylation sites (N-methyl/N-ethyl adjacent to an activating group) is 1. The van der Waals surface area contributed by atoms with Crippen molar-refractivity contribution in [1.29, 1.82) is 0 Å². The van der Waals surface area contributed by atoms with Crippen molar-refractivity contribution < 1.29 is 14.4 Å². The molecule has 3 fully saturated rings. The van der Waals surface area contributed by atoms with Gasteiger partial charge in [0, 0.05) is 19.5 Å². The number of nitrogens with zero attached hydrogens (tertiary/aromatic N) is 2. The van der Waals surface area contributed by atoms with E-state index in [1.54, 1.807) is 4.90 Å². The average Bonchev–Trinajstić information content (AvgIpc) is 2.80. The Bertz CT molecular complexity index is 490. The third-order valence-electron chi connectivity index (χ3n) is 6.11. The van der Waals surface area contributed by atoms with Crippen LogP contribution in [0.5, 0.6) is 0 Å². The molecule has 0 bridgehead atoms. The molecule has 2 aliphatic carbocycles. The minimum Gasteiger partial charge on any atom is -0.341 e. The zero-order valence-corrected chi connectivity index (χ0v) is 14.2. The normalized spacial score (nSPS) is 25.2. The van der Waals surface area contributed by atoms with Crippen LogP contribution in [-0.4, -0.2) is 47.2 Å². The summed E-state index contributed by atoms with van der Waals surface area (Å²) in [7, 11) is 1.82. The molecule has 1 spiro atoms. The number of carbonyl (C=O) groups is 3. The van der Waals surface area contributed by atoms with Crippen molar-refractivity contribution in [2.75, 3.05) is 13.6 Å². The van der Waals surface area contributed by atoms with E-state index in [2.05, 4.69) is 0 Å². The molecule has 23 heavy (non-hydrogen) atoms. The Kier molecular flexibility index (Phi) is 4.74. The highest BCUT2D eigenvalue weighted by Gasteiger charge is 2.52. The predicted octanol–water partition coefficient (Wildman–Crippen LogP) is 2.49. The summed E-state index contributed by atoms with van der Waals surface area (Å²) in [5.74, 6) is -0.332. The zero-order chi connectivity index (χ0) is 16.4. The molecule has 5 heteroatoms. The summed E-state index contributed by atoms with van der Waals surface area (Å²) in [6, 6.07) is 0.271. The van der Waals surface area contributed by atoms with Gasteiger partial charge >= 0.3 is 0 Å². The lowest BCUT2D eigenvalue weighted by molar-refractivity contribution is -0.148. The third kappa shape index (κ3) is 3.15. The van der Waals surface area contributed by atoms with Crippen LogP contribution < -0.4 is 0 Å². The van der Waals surface area contributed by atoms with Gasteiger partial charge in [-0.25, -0.2) is 0 Å². The molecule has 0 aromatic rings. The minimum atomic E-state index is -0.487. The molecular weight excluding hydrogens is 292 g/mol. The molecule has 0 atom stereocenters. The van der Waals surface area contributed by atoms with Crippen molar-refractivity contribution in [1.82, 2.24) is 9.80 Å². The van der Waals surface area contributed by atoms with E-state index in [9.17, 15) is 14.4 Å². The number of hydrogen-bond acceptors (Lipinski definition) is 3. The fourth-order valence-electron chi connectivity index (χ4n) is 4.56. The fraction of sp³-hybridized carbons (Fsp3) is 0.833. The predicted molar refractivity (Wildman–Crippen MR) is 86.5 cm³/mol. The van der Waals surface area contributed by atoms with Gasteiger partial charge in [0.1, 0.15) is 6.54 Å². The van der Waals surface area contributed by atoms with Crippen LogP contribution in [0.3, 0.4) is 0 Å². The van der Waals surface area contributed by atoms with Crippen LogP contribution in [0.25, 0.3) is 0 Å². The van der Waals surface area contributed by atoms with Crippen LogP contribution >= 0.6 is 0 Å². The highest BCUT2D eigenvalue weighted by molar-refractivity contribution is 6.08. The Morgan fingerprint density at radius 3 is 2.35 bits per heavy atom. The van der Waals surface area contributed by atoms with Gasteiger partial charge in [0.05, 0.1) is 5.41 Å². The first-order chi connectivity index (χ1) is 11.0. The Hall–Kier alpha value is -1.39. The van der Waals surface area contributed by atoms with Gasteiger partial charge in [0.15, 0.2) is 0 Å². The average molecular weight is 320 g/mol. The van der Waals surface area contributed by atoms with Gasteiger partial charge in [-0.2, -0.15) is 0 Å². The first-order valence-corrected chi connectivity index (χ1v) is 9.14. The van der Waals surface area contributed by atoms with Gasteiger partial charge in [0.2, 0.25) is 17.7 Å². The number of rotatable bonds is 3. The smallest absolute Gasteiger partial charge is 0.242 e. The first-order valence-electron chi connectivity index (χ1n) is 9.14. The van der Waals surface area contributed by atoms with Crippen LogP contribution in [0, 0.1) is 5.41 Å². The summed E-state index contributed by atoms with van der Waals surface area (Å²) < 4.78 is 0. The van der Waals surface area contributed by atoms with E-state index in [1.165, 1.54) is 11.3 Å². The minimum absolute atomic E-state index is 0.0631. The molecule has 1 heterocycles. The topological polar surface area (TPSA) is 57.7 Å². The summed E-state index contributed by atoms with van der Waals surface area (Å²) in [5.41, 5.74) is -0.487. The van der Waals surface area contributed by atoms with Crippen molar-refractivity contribution in [2.45, 2.75) is 76.7 Å². The van der Waals surface area contributed by atoms with Crippen molar-refractivity contribution >= 4 is 17.7 Å². The van der Waals surface area contributed by atoms with Crippen LogP contribution in [0.4, 0.5) is 0 Å². The summed E-state index contributed by atoms with van der Waals surface area (Å²) in [4.78, 5) is 40.6. The molecule has 3 amide bonds. The lowest BCUT2D eigenvalue weighted by Gasteiger charge is -2.33. The molecule has 0 N–H and O–H groups in total. The molecule has 0 radical (unpaired) electrons. The third-order valence-corrected chi connectivity index (χ3v) is 6.11. The number of hydrogen-bond donors (Lipinski definition) is 0. The molecular formula is C18H28N2O3. The van der Waals surface area contributed by atoms with Crippen molar-refractivity contribution in [3.63, 3.8) is 0 Å². The number of imide groups is 1. The number of carbonyl (C=O) groups excluding carboxylic acids is 3. The van der Waals surface area contributed by atoms with E-state index >= 15 is 0 Å². The van der Waals surface area contributed by atoms with Crippen LogP contribution in [0.15, 0.2) is 0 Å². The summed E-state index contributed by atoms with van der Waals surface area (Å²) in [6.45, 7) is -0.0631. The maximum absolute atomic E-state index is 12.8. The fourth-order valence-corrected chi connectivity index (χ4v) is 4.56. The lowest BCUT2D eigenvalue weighted by Crippen LogP contribution is -2.46. The van der Waals surface area contributed by atoms with Crippen molar-refractivity contribution in [2.24, 2.45) is 5.41 Å². The highest BCUT2D eigenvalue weighted by atomic mass is 16.2. The van der Waals surface area contributed by atoms with Gasteiger partial charge in [0.25, 0.3) is 0 Å². The Morgan fingerprint density at radius 1 is 1.09 bits per heavy atom. The maximum Gasteiger partial charge on any atom is 0.242 e. The van der Waals surface area contributed by atoms with Crippen LogP contribution in [-0.2, 0) is 14.4 Å². The quantitative estimate of drug-likeness (QED) is 0.751. The number of amides is 3. The van der Waals surface area contributed by atoms with E-state index in [4.69, 9.17) is 0 Å². The lowest BCUT2D eigenvalue weighted by atomic mass is 9.73. The largest absolute Gasteiger partial charge is 0.341 e. The second-order valence-corrected chi connectivity index (χ2v) is 7.60. The van der Waals surface area contributed by atoms with Gasteiger partial charge in [-0.1, -0.05) is 38.5 Å². The Labute approximate surface area is 138 Å². The molecule has 1 saturated heterocycles. The van der Waals surface area contributed by atoms with E-state index in [0.29, 0.717) is 6.42 Å². The second-order valence-electron chi connectivity index (χ2n) is 7.60. The standard InChI is InChI=1S/C18H28N2O3/c1-19(14-8-4-2-5-9-14)16(22)13-20-15(21)12-18(17(20)23)10-6-3-7-11-18/h14H,2-13H2,1H3. The van der Waals surface area contributed by atoms with Gasteiger partial charge < -0.3 is 4.90 Å². The van der Waals surface area contributed by atoms with Crippen LogP contribution in [0.2, 0.25) is 0 Å². The summed E-state index contributed by atoms with van der Waals surface area (Å²) in [5, 5.41) is 0. The summed E-state index contributed by atoms with van der Waals surface area (Å²) in [6.07, 6.45) is 10.7. The first kappa shape index (κ1) is 16.5. The molecule has 1 aliphatic heterocycles. The molecule has 0 aromatic carbocycles. The molecule has 2 saturated carbocycles. The molecule has 3 aliphatic rings. The Morgan fingerprint density at radius 2 is 1.70 bits per heavy atom. The monoisotopic (exact) mass is 320 g/mol. The SMILES string of the molecule is CN(C(=O)CN1C(=O)CC2(CCCCC2)C1=O)C1CCCCC1. The van der Waals surface area contributed by atoms with E-state index in [-0.39, 0.29) is 30.3 Å². The molecule has 128 valence electrons. The van der Waals surface area contributed by atoms with Crippen molar-refractivity contribution in [3.8, 4) is 0 Å². The van der Waals surface area contributed by atoms with Gasteiger partial charge in [-0.05, 0) is 25.7 Å². The van der Waals surface area contributed by atoms with Crippen molar-refractivity contribution in [3.05, 3.63) is 0 Å². The van der Waals surface area contributed by atoms with Crippen LogP contribution in [0.1, 0.15) is 70.6 Å². The molecule has 0 unspecified atom stereocenters. The Balaban J connectivity index is 1.63. The molecule has 3 rings (SSSR count). The number of likely N-dealkylation sites (tertiary alicyclic amines) is 1. The van der Waals surface area contributed by atoms with Gasteiger partial charge in [-0.3, -0.25) is 19.3 Å². The zero-order valence-electron chi connectivity index (χ0n) is 14.2. The highest BCUT2D eigenvalue weighted by Crippen LogP contribution is 2.45. The van der Waals surface area contributed by atoms with E-state index in [1.807, 2.05) is 7.05 Å². The second kappa shape index (κ2) is 6.62. The van der Waals surface area contributed by atoms with E-state index < -0.39 is 5.41 Å². The summed E-state index contributed by atoms with van der Waals surface area (Å²) >= 11 is 0. The molecule has 5 nitrogen and oxygen atoms in total. The van der Waals surface area contributed by atoms with Gasteiger partial charge in [-0.15, -0.1) is 0 Å². The molecule has 0 aromatic heterocycles. The van der Waals surface area contributed by atoms with E-state index in [0.717, 1.165) is 57.8 Å². The maximum atomic E-state index is 12.8.